The van der Waals surface area contributed by atoms with Crippen molar-refractivity contribution in [1.82, 2.24) is 4.72 Å². The van der Waals surface area contributed by atoms with E-state index in [4.69, 9.17) is 10.5 Å². The van der Waals surface area contributed by atoms with Crippen LogP contribution in [0, 0.1) is 5.82 Å². The van der Waals surface area contributed by atoms with Gasteiger partial charge < -0.3 is 10.5 Å². The van der Waals surface area contributed by atoms with Crippen molar-refractivity contribution in [2.75, 3.05) is 18.9 Å². The Kier molecular flexibility index (Phi) is 4.77. The summed E-state index contributed by atoms with van der Waals surface area (Å²) >= 11 is 0. The molecule has 0 atom stereocenters. The van der Waals surface area contributed by atoms with Gasteiger partial charge in [0.05, 0.1) is 10.6 Å². The molecule has 2 aromatic carbocycles. The molecule has 21 heavy (non-hydrogen) atoms. The van der Waals surface area contributed by atoms with Crippen LogP contribution in [0.2, 0.25) is 0 Å². The molecule has 112 valence electrons. The van der Waals surface area contributed by atoms with E-state index in [1.165, 1.54) is 18.2 Å². The summed E-state index contributed by atoms with van der Waals surface area (Å²) in [6.07, 6.45) is 0. The largest absolute Gasteiger partial charge is 0.490 e. The van der Waals surface area contributed by atoms with Gasteiger partial charge in [-0.05, 0) is 30.3 Å². The average Bonchev–Trinajstić information content (AvgIpc) is 2.45. The van der Waals surface area contributed by atoms with Crippen LogP contribution in [0.3, 0.4) is 0 Å². The molecule has 0 spiro atoms. The molecule has 0 saturated carbocycles. The third kappa shape index (κ3) is 4.17. The molecule has 0 aliphatic carbocycles. The number of anilines is 1. The fourth-order valence-electron chi connectivity index (χ4n) is 1.67. The number of nitrogens with one attached hydrogen (secondary N) is 1. The van der Waals surface area contributed by atoms with Crippen LogP contribution in [-0.2, 0) is 10.0 Å². The van der Waals surface area contributed by atoms with E-state index in [0.717, 1.165) is 6.07 Å². The topological polar surface area (TPSA) is 81.4 Å². The van der Waals surface area contributed by atoms with Crippen molar-refractivity contribution in [3.63, 3.8) is 0 Å². The second kappa shape index (κ2) is 6.55. The molecule has 0 radical (unpaired) electrons. The number of para-hydroxylation sites is 2. The van der Waals surface area contributed by atoms with Gasteiger partial charge in [0.1, 0.15) is 18.2 Å². The molecule has 0 bridgehead atoms. The maximum Gasteiger partial charge on any atom is 0.240 e. The zero-order chi connectivity index (χ0) is 15.3. The summed E-state index contributed by atoms with van der Waals surface area (Å²) < 4.78 is 44.5. The molecule has 5 nitrogen and oxygen atoms in total. The SMILES string of the molecule is Nc1ccccc1OCCNS(=O)(=O)c1cccc(F)c1. The number of benzene rings is 2. The van der Waals surface area contributed by atoms with Gasteiger partial charge in [0, 0.05) is 6.54 Å². The second-order valence-corrected chi connectivity index (χ2v) is 6.01. The molecule has 0 aromatic heterocycles. The summed E-state index contributed by atoms with van der Waals surface area (Å²) in [6, 6.07) is 11.7. The highest BCUT2D eigenvalue weighted by Gasteiger charge is 2.13. The monoisotopic (exact) mass is 310 g/mol. The van der Waals surface area contributed by atoms with Gasteiger partial charge in [-0.1, -0.05) is 18.2 Å². The summed E-state index contributed by atoms with van der Waals surface area (Å²) in [7, 11) is -3.75. The van der Waals surface area contributed by atoms with Crippen molar-refractivity contribution in [3.8, 4) is 5.75 Å². The van der Waals surface area contributed by atoms with Gasteiger partial charge in [-0.25, -0.2) is 17.5 Å². The Morgan fingerprint density at radius 3 is 2.62 bits per heavy atom. The third-order valence-corrected chi connectivity index (χ3v) is 4.14. The molecule has 0 heterocycles. The first-order valence-electron chi connectivity index (χ1n) is 6.21. The van der Waals surface area contributed by atoms with Crippen molar-refractivity contribution in [2.24, 2.45) is 0 Å². The Hall–Kier alpha value is -2.12. The third-order valence-electron chi connectivity index (χ3n) is 2.68. The first-order valence-corrected chi connectivity index (χ1v) is 7.70. The highest BCUT2D eigenvalue weighted by Crippen LogP contribution is 2.19. The predicted octanol–water partition coefficient (Wildman–Crippen LogP) is 1.77. The summed E-state index contributed by atoms with van der Waals surface area (Å²) in [4.78, 5) is -0.123. The van der Waals surface area contributed by atoms with E-state index in [0.29, 0.717) is 11.4 Å². The lowest BCUT2D eigenvalue weighted by Crippen LogP contribution is -2.28. The van der Waals surface area contributed by atoms with Gasteiger partial charge in [-0.15, -0.1) is 0 Å². The molecule has 0 fully saturated rings. The Bertz CT molecular complexity index is 720. The molecule has 0 amide bonds. The van der Waals surface area contributed by atoms with E-state index in [1.54, 1.807) is 24.3 Å². The molecule has 2 rings (SSSR count). The summed E-state index contributed by atoms with van der Waals surface area (Å²) in [5, 5.41) is 0. The van der Waals surface area contributed by atoms with Gasteiger partial charge in [0.15, 0.2) is 0 Å². The molecule has 0 unspecified atom stereocenters. The molecule has 7 heteroatoms. The highest BCUT2D eigenvalue weighted by atomic mass is 32.2. The lowest BCUT2D eigenvalue weighted by molar-refractivity contribution is 0.324. The maximum absolute atomic E-state index is 13.0. The van der Waals surface area contributed by atoms with Crippen molar-refractivity contribution in [1.29, 1.82) is 0 Å². The van der Waals surface area contributed by atoms with Crippen LogP contribution in [0.25, 0.3) is 0 Å². The molecular formula is C14H15FN2O3S. The van der Waals surface area contributed by atoms with Crippen molar-refractivity contribution >= 4 is 15.7 Å². The average molecular weight is 310 g/mol. The lowest BCUT2D eigenvalue weighted by Gasteiger charge is -2.10. The second-order valence-electron chi connectivity index (χ2n) is 4.24. The Labute approximate surface area is 122 Å². The summed E-state index contributed by atoms with van der Waals surface area (Å²) in [5.41, 5.74) is 6.17. The number of nitrogen functional groups attached to an aromatic ring is 1. The van der Waals surface area contributed by atoms with Crippen LogP contribution in [-0.4, -0.2) is 21.6 Å². The number of halogens is 1. The van der Waals surface area contributed by atoms with Crippen LogP contribution in [0.4, 0.5) is 10.1 Å². The van der Waals surface area contributed by atoms with Gasteiger partial charge in [-0.2, -0.15) is 0 Å². The van der Waals surface area contributed by atoms with E-state index in [1.807, 2.05) is 0 Å². The van der Waals surface area contributed by atoms with E-state index in [-0.39, 0.29) is 18.0 Å². The molecule has 3 N–H and O–H groups in total. The van der Waals surface area contributed by atoms with Gasteiger partial charge in [0.25, 0.3) is 0 Å². The number of hydrogen-bond donors (Lipinski definition) is 2. The van der Waals surface area contributed by atoms with E-state index >= 15 is 0 Å². The maximum atomic E-state index is 13.0. The quantitative estimate of drug-likeness (QED) is 0.629. The van der Waals surface area contributed by atoms with Crippen LogP contribution in [0.15, 0.2) is 53.4 Å². The van der Waals surface area contributed by atoms with Gasteiger partial charge in [0.2, 0.25) is 10.0 Å². The first kappa shape index (κ1) is 15.3. The zero-order valence-corrected chi connectivity index (χ0v) is 11.9. The van der Waals surface area contributed by atoms with Crippen LogP contribution >= 0.6 is 0 Å². The number of hydrogen-bond acceptors (Lipinski definition) is 4. The minimum atomic E-state index is -3.75. The summed E-state index contributed by atoms with van der Waals surface area (Å²) in [6.45, 7) is 0.163. The molecule has 0 aliphatic rings. The Balaban J connectivity index is 1.90. The minimum Gasteiger partial charge on any atom is -0.490 e. The Morgan fingerprint density at radius 1 is 1.14 bits per heavy atom. The number of sulfonamides is 1. The Morgan fingerprint density at radius 2 is 1.90 bits per heavy atom. The standard InChI is InChI=1S/C14H15FN2O3S/c15-11-4-3-5-12(10-11)21(18,19)17-8-9-20-14-7-2-1-6-13(14)16/h1-7,10,17H,8-9,16H2. The zero-order valence-electron chi connectivity index (χ0n) is 11.1. The normalized spacial score (nSPS) is 11.3. The number of nitrogens with two attached hydrogens (primary N) is 1. The van der Waals surface area contributed by atoms with E-state index < -0.39 is 15.8 Å². The van der Waals surface area contributed by atoms with Crippen molar-refractivity contribution in [2.45, 2.75) is 4.90 Å². The van der Waals surface area contributed by atoms with Crippen LogP contribution in [0.5, 0.6) is 5.75 Å². The van der Waals surface area contributed by atoms with Gasteiger partial charge in [-0.3, -0.25) is 0 Å². The van der Waals surface area contributed by atoms with E-state index in [9.17, 15) is 12.8 Å². The lowest BCUT2D eigenvalue weighted by atomic mass is 10.3. The fraction of sp³-hybridized carbons (Fsp3) is 0.143. The van der Waals surface area contributed by atoms with Crippen LogP contribution in [0.1, 0.15) is 0 Å². The van der Waals surface area contributed by atoms with Crippen molar-refractivity contribution in [3.05, 3.63) is 54.3 Å². The molecule has 2 aromatic rings. The van der Waals surface area contributed by atoms with E-state index in [2.05, 4.69) is 4.72 Å². The number of ether oxygens (including phenoxy) is 1. The van der Waals surface area contributed by atoms with Crippen LogP contribution < -0.4 is 15.2 Å². The smallest absolute Gasteiger partial charge is 0.240 e. The highest BCUT2D eigenvalue weighted by molar-refractivity contribution is 7.89. The predicted molar refractivity (Wildman–Crippen MR) is 77.9 cm³/mol. The van der Waals surface area contributed by atoms with Gasteiger partial charge >= 0.3 is 0 Å². The molecular weight excluding hydrogens is 295 g/mol. The number of rotatable bonds is 6. The van der Waals surface area contributed by atoms with Crippen molar-refractivity contribution < 1.29 is 17.5 Å². The molecule has 0 saturated heterocycles. The first-order chi connectivity index (χ1) is 9.99. The minimum absolute atomic E-state index is 0.0488. The summed E-state index contributed by atoms with van der Waals surface area (Å²) in [5.74, 6) is -0.117. The molecule has 0 aliphatic heterocycles. The fourth-order valence-corrected chi connectivity index (χ4v) is 2.71.